The molecule has 0 N–H and O–H groups in total. The van der Waals surface area contributed by atoms with Crippen molar-refractivity contribution in [3.63, 3.8) is 0 Å². The number of azide groups is 1. The van der Waals surface area contributed by atoms with Gasteiger partial charge in [0.1, 0.15) is 0 Å². The van der Waals surface area contributed by atoms with E-state index in [9.17, 15) is 0 Å². The van der Waals surface area contributed by atoms with Gasteiger partial charge in [0.05, 0.1) is 0 Å². The van der Waals surface area contributed by atoms with Crippen molar-refractivity contribution in [2.24, 2.45) is 4.52 Å². The van der Waals surface area contributed by atoms with Gasteiger partial charge in [0.25, 0.3) is 0 Å². The van der Waals surface area contributed by atoms with Crippen molar-refractivity contribution >= 4 is 11.9 Å². The zero-order chi connectivity index (χ0) is 6.95. The number of hydrogen-bond donors (Lipinski definition) is 0. The van der Waals surface area contributed by atoms with E-state index in [-0.39, 0.29) is 0 Å². The molecule has 0 heterocycles. The van der Waals surface area contributed by atoms with E-state index in [0.29, 0.717) is 0 Å². The van der Waals surface area contributed by atoms with Crippen LogP contribution in [-0.2, 0) is 0 Å². The highest BCUT2D eigenvalue weighted by Crippen LogP contribution is 2.06. The van der Waals surface area contributed by atoms with E-state index in [0.717, 1.165) is 12.2 Å². The fraction of sp³-hybridized carbons (Fsp3) is 1.00. The summed E-state index contributed by atoms with van der Waals surface area (Å²) in [4.78, 5) is 2.62. The molecule has 0 saturated heterocycles. The van der Waals surface area contributed by atoms with Gasteiger partial charge in [0.15, 0.2) is 0 Å². The molecule has 0 aliphatic carbocycles. The van der Waals surface area contributed by atoms with Gasteiger partial charge in [-0.2, -0.15) is 0 Å². The van der Waals surface area contributed by atoms with Gasteiger partial charge in [-0.25, -0.2) is 0 Å². The van der Waals surface area contributed by atoms with Gasteiger partial charge < -0.3 is 0 Å². The fourth-order valence-electron chi connectivity index (χ4n) is 0.483. The Labute approximate surface area is 59.6 Å². The van der Waals surface area contributed by atoms with Crippen LogP contribution in [0.4, 0.5) is 0 Å². The summed E-state index contributed by atoms with van der Waals surface area (Å²) in [5.41, 5.74) is 7.86. The Morgan fingerprint density at radius 1 is 1.56 bits per heavy atom. The van der Waals surface area contributed by atoms with Crippen LogP contribution in [0.5, 0.6) is 0 Å². The Hall–Kier alpha value is -0.340. The normalized spacial score (nSPS) is 8.56. The lowest BCUT2D eigenvalue weighted by molar-refractivity contribution is 0.779. The molecule has 0 fully saturated rings. The zero-order valence-electron chi connectivity index (χ0n) is 5.58. The SMILES string of the molecule is CCCCCSN=[N+]=[N-]. The number of hydrogen-bond acceptors (Lipinski definition) is 2. The van der Waals surface area contributed by atoms with Crippen LogP contribution in [0.15, 0.2) is 4.52 Å². The summed E-state index contributed by atoms with van der Waals surface area (Å²) in [5.74, 6) is 0.956. The van der Waals surface area contributed by atoms with E-state index in [1.807, 2.05) is 0 Å². The van der Waals surface area contributed by atoms with Crippen molar-refractivity contribution in [2.75, 3.05) is 5.75 Å². The summed E-state index contributed by atoms with van der Waals surface area (Å²) in [5, 5.41) is 0. The standard InChI is InChI=1S/C5H11N3S/c1-2-3-4-5-9-8-7-6/h2-5H2,1H3. The molecule has 0 aromatic carbocycles. The molecule has 0 unspecified atom stereocenters. The third-order valence-electron chi connectivity index (χ3n) is 0.933. The molecule has 0 atom stereocenters. The maximum atomic E-state index is 7.86. The minimum absolute atomic E-state index is 0.956. The van der Waals surface area contributed by atoms with Crippen LogP contribution in [-0.4, -0.2) is 5.75 Å². The average Bonchev–Trinajstić information content (AvgIpc) is 1.89. The first-order valence-electron chi connectivity index (χ1n) is 3.08. The molecule has 9 heavy (non-hydrogen) atoms. The topological polar surface area (TPSA) is 48.8 Å². The summed E-state index contributed by atoms with van der Waals surface area (Å²) in [6.45, 7) is 2.15. The molecule has 0 aromatic heterocycles. The van der Waals surface area contributed by atoms with E-state index in [1.54, 1.807) is 0 Å². The highest BCUT2D eigenvalue weighted by atomic mass is 32.2. The van der Waals surface area contributed by atoms with Crippen molar-refractivity contribution < 1.29 is 0 Å². The second-order valence-electron chi connectivity index (χ2n) is 1.71. The third kappa shape index (κ3) is 7.66. The Morgan fingerprint density at radius 3 is 2.89 bits per heavy atom. The first-order chi connectivity index (χ1) is 4.41. The second kappa shape index (κ2) is 7.66. The lowest BCUT2D eigenvalue weighted by Crippen LogP contribution is -1.74. The first kappa shape index (κ1) is 8.66. The molecule has 0 spiro atoms. The molecule has 0 aliphatic rings. The largest absolute Gasteiger partial charge is 0.0667 e. The van der Waals surface area contributed by atoms with Gasteiger partial charge in [0, 0.05) is 10.7 Å². The molecule has 0 amide bonds. The van der Waals surface area contributed by atoms with Crippen LogP contribution in [0.2, 0.25) is 0 Å². The molecular formula is C5H11N3S. The highest BCUT2D eigenvalue weighted by molar-refractivity contribution is 7.97. The number of nitrogens with zero attached hydrogens (tertiary/aromatic N) is 3. The van der Waals surface area contributed by atoms with Gasteiger partial charge in [-0.05, 0) is 16.5 Å². The molecule has 0 bridgehead atoms. The van der Waals surface area contributed by atoms with E-state index < -0.39 is 0 Å². The maximum Gasteiger partial charge on any atom is 0.0108 e. The summed E-state index contributed by atoms with van der Waals surface area (Å²) in [6, 6.07) is 0. The quantitative estimate of drug-likeness (QED) is 0.193. The molecule has 0 aromatic rings. The Morgan fingerprint density at radius 2 is 2.33 bits per heavy atom. The Balaban J connectivity index is 2.82. The van der Waals surface area contributed by atoms with E-state index in [4.69, 9.17) is 5.53 Å². The summed E-state index contributed by atoms with van der Waals surface area (Å²) in [7, 11) is 0. The van der Waals surface area contributed by atoms with Crippen LogP contribution in [0.3, 0.4) is 0 Å². The van der Waals surface area contributed by atoms with Gasteiger partial charge >= 0.3 is 0 Å². The lowest BCUT2D eigenvalue weighted by Gasteiger charge is -1.90. The third-order valence-corrected chi connectivity index (χ3v) is 1.59. The average molecular weight is 145 g/mol. The lowest BCUT2D eigenvalue weighted by atomic mass is 10.3. The van der Waals surface area contributed by atoms with Crippen LogP contribution in [0.25, 0.3) is 10.4 Å². The number of rotatable bonds is 5. The highest BCUT2D eigenvalue weighted by Gasteiger charge is 1.83. The fourth-order valence-corrected chi connectivity index (χ4v) is 0.950. The Kier molecular flexibility index (Phi) is 7.37. The van der Waals surface area contributed by atoms with Crippen LogP contribution >= 0.6 is 11.9 Å². The molecule has 3 nitrogen and oxygen atoms in total. The van der Waals surface area contributed by atoms with Crippen molar-refractivity contribution in [3.05, 3.63) is 10.4 Å². The zero-order valence-corrected chi connectivity index (χ0v) is 6.39. The summed E-state index contributed by atoms with van der Waals surface area (Å²) >= 11 is 1.30. The van der Waals surface area contributed by atoms with Gasteiger partial charge in [0.2, 0.25) is 0 Å². The van der Waals surface area contributed by atoms with Crippen LogP contribution in [0, 0.1) is 0 Å². The van der Waals surface area contributed by atoms with Crippen molar-refractivity contribution in [1.82, 2.24) is 0 Å². The number of unbranched alkanes of at least 4 members (excludes halogenated alkanes) is 2. The molecule has 0 saturated carbocycles. The minimum Gasteiger partial charge on any atom is -0.0667 e. The maximum absolute atomic E-state index is 7.86. The van der Waals surface area contributed by atoms with Gasteiger partial charge in [-0.15, -0.1) is 0 Å². The molecule has 0 aliphatic heterocycles. The monoisotopic (exact) mass is 145 g/mol. The molecular weight excluding hydrogens is 134 g/mol. The predicted octanol–water partition coefficient (Wildman–Crippen LogP) is 3.14. The molecule has 4 heteroatoms. The van der Waals surface area contributed by atoms with Crippen molar-refractivity contribution in [3.8, 4) is 0 Å². The molecule has 0 radical (unpaired) electrons. The van der Waals surface area contributed by atoms with Crippen molar-refractivity contribution in [1.29, 1.82) is 0 Å². The smallest absolute Gasteiger partial charge is 0.0108 e. The van der Waals surface area contributed by atoms with E-state index in [1.165, 1.54) is 24.8 Å². The summed E-state index contributed by atoms with van der Waals surface area (Å²) < 4.78 is 3.34. The molecule has 52 valence electrons. The first-order valence-corrected chi connectivity index (χ1v) is 4.02. The minimum atomic E-state index is 0.956. The van der Waals surface area contributed by atoms with Crippen molar-refractivity contribution in [2.45, 2.75) is 26.2 Å². The summed E-state index contributed by atoms with van der Waals surface area (Å²) in [6.07, 6.45) is 3.60. The van der Waals surface area contributed by atoms with Crippen LogP contribution < -0.4 is 0 Å². The molecule has 0 rings (SSSR count). The Bertz CT molecular complexity index is 98.4. The predicted molar refractivity (Wildman–Crippen MR) is 41.1 cm³/mol. The van der Waals surface area contributed by atoms with Crippen LogP contribution in [0.1, 0.15) is 26.2 Å². The van der Waals surface area contributed by atoms with E-state index >= 15 is 0 Å². The second-order valence-corrected chi connectivity index (χ2v) is 2.54. The van der Waals surface area contributed by atoms with Gasteiger partial charge in [-0.1, -0.05) is 31.7 Å². The van der Waals surface area contributed by atoms with Gasteiger partial charge in [-0.3, -0.25) is 0 Å². The van der Waals surface area contributed by atoms with E-state index in [2.05, 4.69) is 16.4 Å².